The first-order valence-corrected chi connectivity index (χ1v) is 9.69. The number of carbonyl (C=O) groups excluding carboxylic acids is 1. The lowest BCUT2D eigenvalue weighted by molar-refractivity contribution is 0.0593. The SMILES string of the molecule is CN=C(/C=C\N)Cc1c(C(=O)OC)nc2n1C1CC(C1)c1ccc(Br)cc1-2. The standard InChI is InChI=1S/C20H21BrN4O2/c1-23-13(5-6-22)10-17-18(20(26)27-2)24-19-16-9-12(21)3-4-15(16)11-7-14(8-11)25(17)19/h3-6,9,11,14H,7-8,10,22H2,1-2H3/b6-5-,23-13?. The van der Waals surface area contributed by atoms with Gasteiger partial charge in [-0.1, -0.05) is 22.0 Å². The largest absolute Gasteiger partial charge is 0.464 e. The Bertz CT molecular complexity index is 971. The summed E-state index contributed by atoms with van der Waals surface area (Å²) in [6.45, 7) is 0. The maximum absolute atomic E-state index is 12.5. The van der Waals surface area contributed by atoms with Crippen LogP contribution in [0.25, 0.3) is 11.4 Å². The van der Waals surface area contributed by atoms with Crippen LogP contribution in [0.2, 0.25) is 0 Å². The second-order valence-corrected chi connectivity index (χ2v) is 7.81. The van der Waals surface area contributed by atoms with Crippen molar-refractivity contribution in [2.24, 2.45) is 10.7 Å². The summed E-state index contributed by atoms with van der Waals surface area (Å²) < 4.78 is 8.23. The molecule has 2 aliphatic heterocycles. The Morgan fingerprint density at radius 1 is 1.48 bits per heavy atom. The molecule has 3 aliphatic rings. The predicted molar refractivity (Wildman–Crippen MR) is 108 cm³/mol. The van der Waals surface area contributed by atoms with Crippen molar-refractivity contribution in [2.75, 3.05) is 14.2 Å². The molecule has 1 fully saturated rings. The highest BCUT2D eigenvalue weighted by molar-refractivity contribution is 9.10. The third-order valence-corrected chi connectivity index (χ3v) is 5.98. The molecule has 7 heteroatoms. The first kappa shape index (κ1) is 18.0. The summed E-state index contributed by atoms with van der Waals surface area (Å²) in [5.74, 6) is 0.946. The molecule has 2 aromatic rings. The number of benzene rings is 1. The molecule has 140 valence electrons. The van der Waals surface area contributed by atoms with Crippen molar-refractivity contribution in [3.63, 3.8) is 0 Å². The molecule has 2 bridgehead atoms. The Morgan fingerprint density at radius 3 is 2.93 bits per heavy atom. The summed E-state index contributed by atoms with van der Waals surface area (Å²) in [5, 5.41) is 0. The quantitative estimate of drug-likeness (QED) is 0.595. The minimum Gasteiger partial charge on any atom is -0.464 e. The Balaban J connectivity index is 1.94. The molecule has 0 radical (unpaired) electrons. The zero-order valence-electron chi connectivity index (χ0n) is 15.3. The lowest BCUT2D eigenvalue weighted by atomic mass is 9.75. The highest BCUT2D eigenvalue weighted by Crippen LogP contribution is 2.53. The first-order valence-electron chi connectivity index (χ1n) is 8.90. The molecule has 0 spiro atoms. The molecule has 1 saturated carbocycles. The van der Waals surface area contributed by atoms with Crippen LogP contribution in [0.1, 0.15) is 46.5 Å². The first-order chi connectivity index (χ1) is 13.1. The second-order valence-electron chi connectivity index (χ2n) is 6.90. The number of hydrogen-bond acceptors (Lipinski definition) is 5. The van der Waals surface area contributed by atoms with Gasteiger partial charge in [-0.15, -0.1) is 0 Å². The van der Waals surface area contributed by atoms with Crippen LogP contribution in [-0.2, 0) is 11.2 Å². The van der Waals surface area contributed by atoms with E-state index in [4.69, 9.17) is 15.5 Å². The third-order valence-electron chi connectivity index (χ3n) is 5.49. The number of rotatable bonds is 4. The number of carbonyl (C=O) groups is 1. The number of nitrogens with zero attached hydrogens (tertiary/aromatic N) is 3. The van der Waals surface area contributed by atoms with Crippen LogP contribution in [0.15, 0.2) is 39.9 Å². The van der Waals surface area contributed by atoms with Gasteiger partial charge in [-0.2, -0.15) is 0 Å². The highest BCUT2D eigenvalue weighted by atomic mass is 79.9. The fourth-order valence-electron chi connectivity index (χ4n) is 4.10. The number of aromatic nitrogens is 2. The number of esters is 1. The number of ether oxygens (including phenoxy) is 1. The van der Waals surface area contributed by atoms with E-state index in [1.54, 1.807) is 13.1 Å². The average Bonchev–Trinajstić information content (AvgIpc) is 2.86. The van der Waals surface area contributed by atoms with Crippen molar-refractivity contribution in [3.8, 4) is 11.4 Å². The molecule has 3 heterocycles. The summed E-state index contributed by atoms with van der Waals surface area (Å²) in [6.07, 6.45) is 5.80. The van der Waals surface area contributed by atoms with Crippen molar-refractivity contribution in [2.45, 2.75) is 31.2 Å². The van der Waals surface area contributed by atoms with Crippen LogP contribution >= 0.6 is 15.9 Å². The molecular weight excluding hydrogens is 408 g/mol. The van der Waals surface area contributed by atoms with Crippen molar-refractivity contribution in [1.82, 2.24) is 9.55 Å². The lowest BCUT2D eigenvalue weighted by Gasteiger charge is -2.35. The number of imidazole rings is 1. The normalized spacial score (nSPS) is 20.6. The summed E-state index contributed by atoms with van der Waals surface area (Å²) in [4.78, 5) is 21.5. The zero-order valence-corrected chi connectivity index (χ0v) is 16.9. The van der Waals surface area contributed by atoms with Crippen molar-refractivity contribution >= 4 is 27.6 Å². The van der Waals surface area contributed by atoms with Gasteiger partial charge in [0.15, 0.2) is 5.69 Å². The molecule has 5 rings (SSSR count). The molecule has 0 saturated heterocycles. The molecule has 1 aromatic heterocycles. The molecule has 0 unspecified atom stereocenters. The fraction of sp³-hybridized carbons (Fsp3) is 0.350. The number of methoxy groups -OCH3 is 1. The van der Waals surface area contributed by atoms with E-state index >= 15 is 0 Å². The van der Waals surface area contributed by atoms with Gasteiger partial charge in [0.1, 0.15) is 5.82 Å². The van der Waals surface area contributed by atoms with Gasteiger partial charge in [0.05, 0.1) is 12.8 Å². The van der Waals surface area contributed by atoms with Gasteiger partial charge in [-0.25, -0.2) is 9.78 Å². The molecule has 0 atom stereocenters. The third kappa shape index (κ3) is 2.90. The Labute approximate surface area is 166 Å². The molecule has 1 aliphatic carbocycles. The van der Waals surface area contributed by atoms with Crippen molar-refractivity contribution in [1.29, 1.82) is 0 Å². The maximum atomic E-state index is 12.5. The number of hydrogen-bond donors (Lipinski definition) is 1. The van der Waals surface area contributed by atoms with Gasteiger partial charge in [-0.05, 0) is 48.7 Å². The van der Waals surface area contributed by atoms with Crippen LogP contribution < -0.4 is 5.73 Å². The molecule has 0 amide bonds. The predicted octanol–water partition coefficient (Wildman–Crippen LogP) is 3.62. The highest BCUT2D eigenvalue weighted by Gasteiger charge is 2.41. The van der Waals surface area contributed by atoms with Crippen LogP contribution in [0.4, 0.5) is 0 Å². The maximum Gasteiger partial charge on any atom is 0.358 e. The molecule has 27 heavy (non-hydrogen) atoms. The molecule has 6 nitrogen and oxygen atoms in total. The van der Waals surface area contributed by atoms with E-state index in [1.807, 2.05) is 0 Å². The van der Waals surface area contributed by atoms with Crippen LogP contribution in [0.5, 0.6) is 0 Å². The smallest absolute Gasteiger partial charge is 0.358 e. The second kappa shape index (κ2) is 6.96. The van der Waals surface area contributed by atoms with E-state index in [0.29, 0.717) is 24.1 Å². The van der Waals surface area contributed by atoms with Gasteiger partial charge in [0, 0.05) is 35.3 Å². The minimum atomic E-state index is -0.426. The number of aliphatic imine (C=N–C) groups is 1. The summed E-state index contributed by atoms with van der Waals surface area (Å²) in [6, 6.07) is 6.66. The molecule has 1 aromatic carbocycles. The summed E-state index contributed by atoms with van der Waals surface area (Å²) in [5.41, 5.74) is 9.92. The Morgan fingerprint density at radius 2 is 2.26 bits per heavy atom. The van der Waals surface area contributed by atoms with Gasteiger partial charge in [-0.3, -0.25) is 4.99 Å². The van der Waals surface area contributed by atoms with Gasteiger partial charge < -0.3 is 15.0 Å². The topological polar surface area (TPSA) is 82.5 Å². The number of nitrogens with two attached hydrogens (primary N) is 1. The van der Waals surface area contributed by atoms with Gasteiger partial charge in [0.2, 0.25) is 0 Å². The van der Waals surface area contributed by atoms with Crippen molar-refractivity contribution in [3.05, 3.63) is 51.9 Å². The molecule has 2 N–H and O–H groups in total. The van der Waals surface area contributed by atoms with Crippen molar-refractivity contribution < 1.29 is 9.53 Å². The Kier molecular flexibility index (Phi) is 4.63. The van der Waals surface area contributed by atoms with E-state index in [1.165, 1.54) is 18.9 Å². The number of halogens is 1. The summed E-state index contributed by atoms with van der Waals surface area (Å²) >= 11 is 3.57. The van der Waals surface area contributed by atoms with E-state index in [9.17, 15) is 4.79 Å². The van der Waals surface area contributed by atoms with Gasteiger partial charge in [0.25, 0.3) is 0 Å². The zero-order chi connectivity index (χ0) is 19.1. The van der Waals surface area contributed by atoms with Crippen LogP contribution in [0.3, 0.4) is 0 Å². The fourth-order valence-corrected chi connectivity index (χ4v) is 4.47. The minimum absolute atomic E-state index is 0.331. The number of allylic oxidation sites excluding steroid dienone is 1. The van der Waals surface area contributed by atoms with Crippen LogP contribution in [0, 0.1) is 0 Å². The van der Waals surface area contributed by atoms with E-state index in [-0.39, 0.29) is 0 Å². The molecular formula is C20H21BrN4O2. The van der Waals surface area contributed by atoms with Crippen LogP contribution in [-0.4, -0.2) is 35.4 Å². The van der Waals surface area contributed by atoms with E-state index in [0.717, 1.165) is 40.1 Å². The summed E-state index contributed by atoms with van der Waals surface area (Å²) in [7, 11) is 3.10. The lowest BCUT2D eigenvalue weighted by Crippen LogP contribution is -2.25. The van der Waals surface area contributed by atoms with E-state index < -0.39 is 5.97 Å². The monoisotopic (exact) mass is 428 g/mol. The Hall–Kier alpha value is -2.41. The average molecular weight is 429 g/mol. The van der Waals surface area contributed by atoms with Gasteiger partial charge >= 0.3 is 5.97 Å². The van der Waals surface area contributed by atoms with E-state index in [2.05, 4.69) is 43.7 Å².